The molecule has 0 radical (unpaired) electrons. The van der Waals surface area contributed by atoms with E-state index < -0.39 is 6.10 Å². The van der Waals surface area contributed by atoms with Crippen LogP contribution in [0.4, 0.5) is 0 Å². The van der Waals surface area contributed by atoms with Crippen LogP contribution in [0.15, 0.2) is 36.4 Å². The van der Waals surface area contributed by atoms with E-state index in [0.29, 0.717) is 18.4 Å². The summed E-state index contributed by atoms with van der Waals surface area (Å²) in [6, 6.07) is 10.8. The molecule has 0 saturated heterocycles. The molecular weight excluding hydrogens is 242 g/mol. The number of nitrogens with one attached hydrogen (secondary N) is 1. The van der Waals surface area contributed by atoms with Crippen LogP contribution in [0.3, 0.4) is 0 Å². The number of carbonyl (C=O) groups is 1. The summed E-state index contributed by atoms with van der Waals surface area (Å²) in [6.45, 7) is 2.04. The van der Waals surface area contributed by atoms with Crippen LogP contribution in [0.1, 0.15) is 23.7 Å². The van der Waals surface area contributed by atoms with Crippen molar-refractivity contribution in [2.45, 2.75) is 19.4 Å². The lowest BCUT2D eigenvalue weighted by atomic mass is 10.0. The van der Waals surface area contributed by atoms with E-state index >= 15 is 0 Å². The third-order valence-corrected chi connectivity index (χ3v) is 2.99. The Bertz CT molecular complexity index is 593. The van der Waals surface area contributed by atoms with Crippen LogP contribution in [0.2, 0.25) is 0 Å². The fourth-order valence-corrected chi connectivity index (χ4v) is 1.93. The molecule has 0 heterocycles. The fourth-order valence-electron chi connectivity index (χ4n) is 1.93. The Morgan fingerprint density at radius 3 is 2.74 bits per heavy atom. The highest BCUT2D eigenvalue weighted by Gasteiger charge is 2.13. The number of aromatic hydroxyl groups is 1. The van der Waals surface area contributed by atoms with Gasteiger partial charge in [-0.3, -0.25) is 4.79 Å². The molecule has 2 rings (SSSR count). The molecule has 0 fully saturated rings. The zero-order valence-electron chi connectivity index (χ0n) is 10.8. The normalized spacial score (nSPS) is 12.3. The van der Waals surface area contributed by atoms with Crippen LogP contribution in [0.5, 0.6) is 5.75 Å². The van der Waals surface area contributed by atoms with Crippen molar-refractivity contribution in [1.29, 1.82) is 0 Å². The van der Waals surface area contributed by atoms with Crippen LogP contribution >= 0.6 is 0 Å². The molecule has 4 heteroatoms. The van der Waals surface area contributed by atoms with E-state index in [9.17, 15) is 9.90 Å². The molecular formula is C15H17NO3. The van der Waals surface area contributed by atoms with E-state index in [1.54, 1.807) is 25.1 Å². The maximum absolute atomic E-state index is 11.9. The summed E-state index contributed by atoms with van der Waals surface area (Å²) in [4.78, 5) is 11.9. The Balaban J connectivity index is 2.20. The molecule has 2 aromatic rings. The zero-order valence-corrected chi connectivity index (χ0v) is 10.8. The monoisotopic (exact) mass is 259 g/mol. The van der Waals surface area contributed by atoms with Crippen LogP contribution in [0.25, 0.3) is 10.8 Å². The highest BCUT2D eigenvalue weighted by atomic mass is 16.3. The Morgan fingerprint density at radius 2 is 2.00 bits per heavy atom. The molecule has 100 valence electrons. The van der Waals surface area contributed by atoms with Gasteiger partial charge in [0.1, 0.15) is 5.75 Å². The topological polar surface area (TPSA) is 69.6 Å². The number of fused-ring (bicyclic) bond motifs is 1. The van der Waals surface area contributed by atoms with Gasteiger partial charge in [0.15, 0.2) is 0 Å². The Morgan fingerprint density at radius 1 is 1.26 bits per heavy atom. The van der Waals surface area contributed by atoms with Gasteiger partial charge >= 0.3 is 0 Å². The van der Waals surface area contributed by atoms with E-state index in [2.05, 4.69) is 5.32 Å². The van der Waals surface area contributed by atoms with Crippen molar-refractivity contribution in [3.05, 3.63) is 42.0 Å². The second-order valence-electron chi connectivity index (χ2n) is 4.58. The first-order valence-electron chi connectivity index (χ1n) is 6.26. The van der Waals surface area contributed by atoms with Crippen molar-refractivity contribution < 1.29 is 15.0 Å². The molecule has 0 aromatic heterocycles. The number of aliphatic hydroxyl groups is 1. The molecule has 0 spiro atoms. The summed E-state index contributed by atoms with van der Waals surface area (Å²) in [6.07, 6.45) is 0.0330. The van der Waals surface area contributed by atoms with E-state index in [1.807, 2.05) is 18.2 Å². The summed E-state index contributed by atoms with van der Waals surface area (Å²) < 4.78 is 0. The first-order chi connectivity index (χ1) is 9.09. The molecule has 0 bridgehead atoms. The maximum Gasteiger partial charge on any atom is 0.255 e. The third-order valence-electron chi connectivity index (χ3n) is 2.99. The number of phenolic OH excluding ortho intramolecular Hbond substituents is 1. The predicted octanol–water partition coefficient (Wildman–Crippen LogP) is 2.05. The van der Waals surface area contributed by atoms with Crippen molar-refractivity contribution in [2.75, 3.05) is 6.54 Å². The Kier molecular flexibility index (Phi) is 4.02. The molecule has 0 aliphatic carbocycles. The van der Waals surface area contributed by atoms with Gasteiger partial charge in [-0.25, -0.2) is 0 Å². The van der Waals surface area contributed by atoms with Gasteiger partial charge in [0.05, 0.1) is 11.7 Å². The quantitative estimate of drug-likeness (QED) is 0.787. The fraction of sp³-hybridized carbons (Fsp3) is 0.267. The number of carbonyl (C=O) groups excluding carboxylic acids is 1. The van der Waals surface area contributed by atoms with Crippen molar-refractivity contribution in [1.82, 2.24) is 5.32 Å². The third kappa shape index (κ3) is 3.03. The van der Waals surface area contributed by atoms with Crippen molar-refractivity contribution >= 4 is 16.7 Å². The number of aliphatic hydroxyl groups excluding tert-OH is 1. The first-order valence-corrected chi connectivity index (χ1v) is 6.26. The van der Waals surface area contributed by atoms with Gasteiger partial charge in [-0.05, 0) is 24.8 Å². The summed E-state index contributed by atoms with van der Waals surface area (Å²) >= 11 is 0. The van der Waals surface area contributed by atoms with Crippen LogP contribution in [0, 0.1) is 0 Å². The average molecular weight is 259 g/mol. The van der Waals surface area contributed by atoms with Gasteiger partial charge < -0.3 is 15.5 Å². The molecule has 0 saturated carbocycles. The van der Waals surface area contributed by atoms with Gasteiger partial charge in [-0.15, -0.1) is 0 Å². The molecule has 4 nitrogen and oxygen atoms in total. The van der Waals surface area contributed by atoms with Crippen molar-refractivity contribution in [3.8, 4) is 5.75 Å². The molecule has 19 heavy (non-hydrogen) atoms. The van der Waals surface area contributed by atoms with E-state index in [1.165, 1.54) is 0 Å². The molecule has 3 N–H and O–H groups in total. The number of benzene rings is 2. The minimum Gasteiger partial charge on any atom is -0.506 e. The lowest BCUT2D eigenvalue weighted by Gasteiger charge is -2.09. The number of phenols is 1. The summed E-state index contributed by atoms with van der Waals surface area (Å²) in [5, 5.41) is 23.5. The number of amides is 1. The van der Waals surface area contributed by atoms with Crippen molar-refractivity contribution in [3.63, 3.8) is 0 Å². The maximum atomic E-state index is 11.9. The highest BCUT2D eigenvalue weighted by Crippen LogP contribution is 2.28. The van der Waals surface area contributed by atoms with Crippen molar-refractivity contribution in [2.24, 2.45) is 0 Å². The summed E-state index contributed by atoms with van der Waals surface area (Å²) in [5.74, 6) is -0.337. The standard InChI is InChI=1S/C15H17NO3/c1-10(17)8-9-16-15(19)13-7-6-11-4-2-3-5-12(11)14(13)18/h2-7,10,17-18H,8-9H2,1H3,(H,16,19). The Hall–Kier alpha value is -2.07. The van der Waals surface area contributed by atoms with Gasteiger partial charge in [0.25, 0.3) is 5.91 Å². The van der Waals surface area contributed by atoms with Crippen LogP contribution in [-0.2, 0) is 0 Å². The minimum absolute atomic E-state index is 0.00681. The van der Waals surface area contributed by atoms with Gasteiger partial charge in [-0.1, -0.05) is 30.3 Å². The Labute approximate surface area is 111 Å². The molecule has 1 unspecified atom stereocenters. The average Bonchev–Trinajstić information content (AvgIpc) is 2.39. The van der Waals surface area contributed by atoms with E-state index in [4.69, 9.17) is 5.11 Å². The van der Waals surface area contributed by atoms with Crippen LogP contribution in [-0.4, -0.2) is 28.8 Å². The van der Waals surface area contributed by atoms with E-state index in [0.717, 1.165) is 5.39 Å². The molecule has 0 aliphatic heterocycles. The van der Waals surface area contributed by atoms with Gasteiger partial charge in [0.2, 0.25) is 0 Å². The van der Waals surface area contributed by atoms with Crippen LogP contribution < -0.4 is 5.32 Å². The zero-order chi connectivity index (χ0) is 13.8. The number of rotatable bonds is 4. The minimum atomic E-state index is -0.453. The van der Waals surface area contributed by atoms with E-state index in [-0.39, 0.29) is 17.2 Å². The SMILES string of the molecule is CC(O)CCNC(=O)c1ccc2ccccc2c1O. The smallest absolute Gasteiger partial charge is 0.255 e. The highest BCUT2D eigenvalue weighted by molar-refractivity contribution is 6.03. The second kappa shape index (κ2) is 5.71. The molecule has 1 atom stereocenters. The van der Waals surface area contributed by atoms with Gasteiger partial charge in [0, 0.05) is 11.9 Å². The molecule has 2 aromatic carbocycles. The first kappa shape index (κ1) is 13.4. The second-order valence-corrected chi connectivity index (χ2v) is 4.58. The predicted molar refractivity (Wildman–Crippen MR) is 74.2 cm³/mol. The largest absolute Gasteiger partial charge is 0.506 e. The lowest BCUT2D eigenvalue weighted by Crippen LogP contribution is -2.26. The summed E-state index contributed by atoms with van der Waals surface area (Å²) in [7, 11) is 0. The molecule has 0 aliphatic rings. The molecule has 1 amide bonds. The number of hydrogen-bond donors (Lipinski definition) is 3. The lowest BCUT2D eigenvalue weighted by molar-refractivity contribution is 0.0943. The van der Waals surface area contributed by atoms with Gasteiger partial charge in [-0.2, -0.15) is 0 Å². The number of hydrogen-bond acceptors (Lipinski definition) is 3. The summed E-state index contributed by atoms with van der Waals surface area (Å²) in [5.41, 5.74) is 0.254.